The lowest BCUT2D eigenvalue weighted by atomic mass is 10.4. The van der Waals surface area contributed by atoms with Gasteiger partial charge in [-0.05, 0) is 24.3 Å². The first-order chi connectivity index (χ1) is 12.9. The van der Waals surface area contributed by atoms with Crippen molar-refractivity contribution in [2.45, 2.75) is 17.9 Å². The number of ether oxygens (including phenoxy) is 1. The number of fused-ring (bicyclic) bond motifs is 1. The van der Waals surface area contributed by atoms with E-state index in [4.69, 9.17) is 27.9 Å². The van der Waals surface area contributed by atoms with Crippen LogP contribution in [0.4, 0.5) is 0 Å². The fraction of sp³-hybridized carbons (Fsp3) is 0.176. The van der Waals surface area contributed by atoms with Crippen molar-refractivity contribution in [2.75, 3.05) is 6.54 Å². The van der Waals surface area contributed by atoms with Gasteiger partial charge in [-0.2, -0.15) is 0 Å². The number of pyridine rings is 1. The summed E-state index contributed by atoms with van der Waals surface area (Å²) in [7, 11) is -3.94. The molecule has 27 heavy (non-hydrogen) atoms. The molecule has 7 nitrogen and oxygen atoms in total. The minimum Gasteiger partial charge on any atom is -0.459 e. The fourth-order valence-corrected chi connectivity index (χ4v) is 4.55. The molecule has 10 heteroatoms. The maximum absolute atomic E-state index is 12.3. The first-order valence-electron chi connectivity index (χ1n) is 7.89. The summed E-state index contributed by atoms with van der Waals surface area (Å²) in [5.74, 6) is -0.556. The van der Waals surface area contributed by atoms with E-state index in [1.807, 2.05) is 28.8 Å². The molecule has 0 spiro atoms. The van der Waals surface area contributed by atoms with Crippen molar-refractivity contribution in [3.05, 3.63) is 64.5 Å². The lowest BCUT2D eigenvalue weighted by Crippen LogP contribution is -2.27. The van der Waals surface area contributed by atoms with Crippen molar-refractivity contribution < 1.29 is 17.9 Å². The van der Waals surface area contributed by atoms with Crippen LogP contribution in [0.1, 0.15) is 12.1 Å². The second kappa shape index (κ2) is 8.26. The Morgan fingerprint density at radius 1 is 1.15 bits per heavy atom. The third-order valence-corrected chi connectivity index (χ3v) is 6.02. The molecule has 0 amide bonds. The van der Waals surface area contributed by atoms with E-state index in [0.717, 1.165) is 5.65 Å². The minimum absolute atomic E-state index is 0.00358. The van der Waals surface area contributed by atoms with Gasteiger partial charge in [-0.1, -0.05) is 35.3 Å². The topological polar surface area (TPSA) is 89.8 Å². The Labute approximate surface area is 165 Å². The number of hydrogen-bond donors (Lipinski definition) is 1. The van der Waals surface area contributed by atoms with Crippen LogP contribution >= 0.6 is 23.2 Å². The number of nitrogens with zero attached hydrogens (tertiary/aromatic N) is 2. The summed E-state index contributed by atoms with van der Waals surface area (Å²) in [6.45, 7) is -0.141. The number of sulfonamides is 1. The summed E-state index contributed by atoms with van der Waals surface area (Å²) >= 11 is 11.8. The highest BCUT2D eigenvalue weighted by atomic mass is 35.5. The van der Waals surface area contributed by atoms with Gasteiger partial charge in [0.1, 0.15) is 17.1 Å². The third kappa shape index (κ3) is 4.78. The van der Waals surface area contributed by atoms with Gasteiger partial charge in [-0.15, -0.1) is 0 Å². The molecule has 0 radical (unpaired) electrons. The zero-order valence-electron chi connectivity index (χ0n) is 13.9. The minimum atomic E-state index is -3.94. The molecule has 2 aromatic heterocycles. The van der Waals surface area contributed by atoms with Gasteiger partial charge in [0.25, 0.3) is 0 Å². The van der Waals surface area contributed by atoms with Gasteiger partial charge in [-0.25, -0.2) is 18.1 Å². The molecule has 0 fully saturated rings. The average molecular weight is 428 g/mol. The van der Waals surface area contributed by atoms with E-state index in [2.05, 4.69) is 9.71 Å². The first kappa shape index (κ1) is 19.6. The molecule has 0 bridgehead atoms. The van der Waals surface area contributed by atoms with Crippen LogP contribution in [-0.2, 0) is 26.2 Å². The number of nitrogens with one attached hydrogen (secondary N) is 1. The largest absolute Gasteiger partial charge is 0.459 e. The molecule has 2 heterocycles. The predicted molar refractivity (Wildman–Crippen MR) is 101 cm³/mol. The number of carbonyl (C=O) groups is 1. The molecular weight excluding hydrogens is 413 g/mol. The Balaban J connectivity index is 1.52. The fourth-order valence-electron chi connectivity index (χ4n) is 2.38. The number of halogens is 2. The van der Waals surface area contributed by atoms with Crippen LogP contribution in [0.5, 0.6) is 0 Å². The van der Waals surface area contributed by atoms with Crippen LogP contribution in [0.25, 0.3) is 5.65 Å². The number of aromatic nitrogens is 2. The SMILES string of the molecule is O=C(CCNS(=O)(=O)c1c(Cl)cccc1Cl)OCc1cn2ccccc2n1. The van der Waals surface area contributed by atoms with Crippen molar-refractivity contribution in [1.29, 1.82) is 0 Å². The highest BCUT2D eigenvalue weighted by Gasteiger charge is 2.21. The van der Waals surface area contributed by atoms with Gasteiger partial charge in [0.15, 0.2) is 0 Å². The molecule has 0 unspecified atom stereocenters. The molecule has 1 N–H and O–H groups in total. The lowest BCUT2D eigenvalue weighted by molar-refractivity contribution is -0.144. The van der Waals surface area contributed by atoms with Crippen LogP contribution in [0.3, 0.4) is 0 Å². The summed E-state index contributed by atoms with van der Waals surface area (Å²) in [6.07, 6.45) is 3.45. The molecule has 3 rings (SSSR count). The molecule has 142 valence electrons. The second-order valence-electron chi connectivity index (χ2n) is 5.56. The monoisotopic (exact) mass is 427 g/mol. The smallest absolute Gasteiger partial charge is 0.307 e. The average Bonchev–Trinajstić information content (AvgIpc) is 3.02. The zero-order valence-corrected chi connectivity index (χ0v) is 16.3. The van der Waals surface area contributed by atoms with Crippen molar-refractivity contribution >= 4 is 44.8 Å². The van der Waals surface area contributed by atoms with Gasteiger partial charge < -0.3 is 9.14 Å². The third-order valence-electron chi connectivity index (χ3n) is 3.60. The van der Waals surface area contributed by atoms with E-state index >= 15 is 0 Å². The van der Waals surface area contributed by atoms with Gasteiger partial charge in [0.05, 0.1) is 22.2 Å². The zero-order chi connectivity index (χ0) is 19.4. The molecular formula is C17H15Cl2N3O4S. The van der Waals surface area contributed by atoms with Crippen LogP contribution < -0.4 is 4.72 Å². The predicted octanol–water partition coefficient (Wildman–Crippen LogP) is 3.05. The molecule has 0 saturated carbocycles. The Morgan fingerprint density at radius 2 is 1.89 bits per heavy atom. The molecule has 0 aliphatic carbocycles. The Morgan fingerprint density at radius 3 is 2.59 bits per heavy atom. The Hall–Kier alpha value is -2.13. The van der Waals surface area contributed by atoms with E-state index in [9.17, 15) is 13.2 Å². The normalized spacial score (nSPS) is 11.6. The van der Waals surface area contributed by atoms with E-state index in [0.29, 0.717) is 5.69 Å². The number of imidazole rings is 1. The van der Waals surface area contributed by atoms with Crippen LogP contribution in [-0.4, -0.2) is 30.3 Å². The summed E-state index contributed by atoms with van der Waals surface area (Å²) in [5, 5.41) is 0.00819. The number of esters is 1. The van der Waals surface area contributed by atoms with E-state index in [1.54, 1.807) is 12.3 Å². The highest BCUT2D eigenvalue weighted by Crippen LogP contribution is 2.28. The molecule has 0 aliphatic rings. The molecule has 0 saturated heterocycles. The lowest BCUT2D eigenvalue weighted by Gasteiger charge is -2.09. The first-order valence-corrected chi connectivity index (χ1v) is 10.1. The van der Waals surface area contributed by atoms with Gasteiger partial charge in [-0.3, -0.25) is 4.79 Å². The molecule has 1 aromatic carbocycles. The number of benzene rings is 1. The number of rotatable bonds is 7. The standard InChI is InChI=1S/C17H15Cl2N3O4S/c18-13-4-3-5-14(19)17(13)27(24,25)20-8-7-16(23)26-11-12-10-22-9-2-1-6-15(22)21-12/h1-6,9-10,20H,7-8,11H2. The van der Waals surface area contributed by atoms with E-state index in [1.165, 1.54) is 12.1 Å². The summed E-state index contributed by atoms with van der Waals surface area (Å²) in [4.78, 5) is 15.9. The van der Waals surface area contributed by atoms with Crippen molar-refractivity contribution in [1.82, 2.24) is 14.1 Å². The molecule has 3 aromatic rings. The van der Waals surface area contributed by atoms with Gasteiger partial charge in [0, 0.05) is 18.9 Å². The van der Waals surface area contributed by atoms with Crippen molar-refractivity contribution in [2.24, 2.45) is 0 Å². The van der Waals surface area contributed by atoms with Gasteiger partial charge in [0.2, 0.25) is 10.0 Å². The van der Waals surface area contributed by atoms with Crippen LogP contribution in [0.2, 0.25) is 10.0 Å². The van der Waals surface area contributed by atoms with E-state index in [-0.39, 0.29) is 34.5 Å². The van der Waals surface area contributed by atoms with Crippen LogP contribution in [0, 0.1) is 0 Å². The van der Waals surface area contributed by atoms with Crippen molar-refractivity contribution in [3.63, 3.8) is 0 Å². The van der Waals surface area contributed by atoms with Gasteiger partial charge >= 0.3 is 5.97 Å². The Bertz CT molecular complexity index is 1030. The maximum atomic E-state index is 12.3. The quantitative estimate of drug-likeness (QED) is 0.585. The van der Waals surface area contributed by atoms with Crippen LogP contribution in [0.15, 0.2) is 53.7 Å². The highest BCUT2D eigenvalue weighted by molar-refractivity contribution is 7.89. The number of carbonyl (C=O) groups excluding carboxylic acids is 1. The number of hydrogen-bond acceptors (Lipinski definition) is 5. The Kier molecular flexibility index (Phi) is 6.01. The maximum Gasteiger partial charge on any atom is 0.307 e. The summed E-state index contributed by atoms with van der Waals surface area (Å²) in [6, 6.07) is 9.94. The molecule has 0 aliphatic heterocycles. The summed E-state index contributed by atoms with van der Waals surface area (Å²) < 4.78 is 33.8. The molecule has 0 atom stereocenters. The van der Waals surface area contributed by atoms with Crippen molar-refractivity contribution in [3.8, 4) is 0 Å². The van der Waals surface area contributed by atoms with E-state index < -0.39 is 16.0 Å². The second-order valence-corrected chi connectivity index (χ2v) is 8.08. The summed E-state index contributed by atoms with van der Waals surface area (Å²) in [5.41, 5.74) is 1.34.